The van der Waals surface area contributed by atoms with Crippen molar-refractivity contribution in [1.82, 2.24) is 9.97 Å². The quantitative estimate of drug-likeness (QED) is 0.796. The van der Waals surface area contributed by atoms with E-state index in [-0.39, 0.29) is 6.54 Å². The molecule has 7 heteroatoms. The zero-order valence-corrected chi connectivity index (χ0v) is 12.8. The number of carboxylic acid groups (broad SMARTS) is 1. The van der Waals surface area contributed by atoms with Crippen molar-refractivity contribution in [3.63, 3.8) is 0 Å². The van der Waals surface area contributed by atoms with Gasteiger partial charge in [-0.05, 0) is 38.7 Å². The van der Waals surface area contributed by atoms with Crippen molar-refractivity contribution < 1.29 is 15.0 Å². The van der Waals surface area contributed by atoms with Crippen LogP contribution in [0.4, 0.5) is 5.82 Å². The molecule has 1 atom stereocenters. The molecule has 2 aromatic rings. The summed E-state index contributed by atoms with van der Waals surface area (Å²) in [6.07, 6.45) is 3.21. The second-order valence-corrected chi connectivity index (χ2v) is 6.67. The number of carboxylic acids is 1. The van der Waals surface area contributed by atoms with Gasteiger partial charge in [0, 0.05) is 4.88 Å². The highest BCUT2D eigenvalue weighted by molar-refractivity contribution is 7.19. The van der Waals surface area contributed by atoms with Crippen LogP contribution in [0.5, 0.6) is 0 Å². The standard InChI is InChI=1S/C14H17N3O3S/c1-7-16-11(15-6-14(2,20)13(18)19)10-8-4-3-5-9(8)21-12(10)17-7/h20H,3-6H2,1-2H3,(H,18,19)(H,15,16,17). The molecular weight excluding hydrogens is 290 g/mol. The molecule has 0 fully saturated rings. The number of fused-ring (bicyclic) bond motifs is 3. The summed E-state index contributed by atoms with van der Waals surface area (Å²) in [5.74, 6) is 0.00545. The summed E-state index contributed by atoms with van der Waals surface area (Å²) < 4.78 is 0. The fourth-order valence-electron chi connectivity index (χ4n) is 2.56. The number of aromatic nitrogens is 2. The van der Waals surface area contributed by atoms with E-state index >= 15 is 0 Å². The van der Waals surface area contributed by atoms with Crippen molar-refractivity contribution in [2.45, 2.75) is 38.7 Å². The number of hydrogen-bond donors (Lipinski definition) is 3. The Morgan fingerprint density at radius 2 is 2.19 bits per heavy atom. The van der Waals surface area contributed by atoms with E-state index in [1.165, 1.54) is 17.4 Å². The van der Waals surface area contributed by atoms with Gasteiger partial charge in [0.05, 0.1) is 11.9 Å². The van der Waals surface area contributed by atoms with Gasteiger partial charge >= 0.3 is 5.97 Å². The maximum absolute atomic E-state index is 11.0. The first-order valence-corrected chi connectivity index (χ1v) is 7.68. The van der Waals surface area contributed by atoms with Gasteiger partial charge in [0.15, 0.2) is 5.60 Å². The van der Waals surface area contributed by atoms with Gasteiger partial charge in [-0.1, -0.05) is 0 Å². The molecule has 1 unspecified atom stereocenters. The number of thiophene rings is 1. The molecule has 6 nitrogen and oxygen atoms in total. The van der Waals surface area contributed by atoms with Crippen LogP contribution < -0.4 is 5.32 Å². The highest BCUT2D eigenvalue weighted by atomic mass is 32.1. The minimum absolute atomic E-state index is 0.0987. The van der Waals surface area contributed by atoms with E-state index in [1.54, 1.807) is 11.3 Å². The Morgan fingerprint density at radius 3 is 2.90 bits per heavy atom. The largest absolute Gasteiger partial charge is 0.479 e. The van der Waals surface area contributed by atoms with E-state index in [2.05, 4.69) is 15.3 Å². The molecule has 0 bridgehead atoms. The molecule has 0 radical (unpaired) electrons. The lowest BCUT2D eigenvalue weighted by Crippen LogP contribution is -2.42. The van der Waals surface area contributed by atoms with Crippen molar-refractivity contribution >= 4 is 33.3 Å². The summed E-state index contributed by atoms with van der Waals surface area (Å²) in [6, 6.07) is 0. The third-order valence-electron chi connectivity index (χ3n) is 3.74. The molecule has 0 spiro atoms. The Kier molecular flexibility index (Phi) is 3.33. The lowest BCUT2D eigenvalue weighted by molar-refractivity contribution is -0.155. The summed E-state index contributed by atoms with van der Waals surface area (Å²) in [4.78, 5) is 22.1. The molecule has 0 aromatic carbocycles. The van der Waals surface area contributed by atoms with Gasteiger partial charge in [-0.15, -0.1) is 11.3 Å². The number of rotatable bonds is 4. The summed E-state index contributed by atoms with van der Waals surface area (Å²) in [5, 5.41) is 22.8. The van der Waals surface area contributed by atoms with Gasteiger partial charge in [-0.2, -0.15) is 0 Å². The summed E-state index contributed by atoms with van der Waals surface area (Å²) in [7, 11) is 0. The lowest BCUT2D eigenvalue weighted by Gasteiger charge is -2.19. The second-order valence-electron chi connectivity index (χ2n) is 5.59. The van der Waals surface area contributed by atoms with Gasteiger partial charge in [0.1, 0.15) is 16.5 Å². The Morgan fingerprint density at radius 1 is 1.43 bits per heavy atom. The highest BCUT2D eigenvalue weighted by Crippen LogP contribution is 2.39. The van der Waals surface area contributed by atoms with Gasteiger partial charge in [-0.3, -0.25) is 0 Å². The zero-order valence-electron chi connectivity index (χ0n) is 11.9. The Hall–Kier alpha value is -1.73. The topological polar surface area (TPSA) is 95.3 Å². The van der Waals surface area contributed by atoms with Crippen LogP contribution in [-0.4, -0.2) is 38.3 Å². The maximum atomic E-state index is 11.0. The maximum Gasteiger partial charge on any atom is 0.337 e. The Labute approximate surface area is 125 Å². The number of anilines is 1. The van der Waals surface area contributed by atoms with Crippen molar-refractivity contribution in [3.05, 3.63) is 16.3 Å². The van der Waals surface area contributed by atoms with E-state index in [4.69, 9.17) is 5.11 Å². The van der Waals surface area contributed by atoms with Crippen LogP contribution in [0.25, 0.3) is 10.2 Å². The number of aryl methyl sites for hydroxylation is 3. The third-order valence-corrected chi connectivity index (χ3v) is 4.92. The van der Waals surface area contributed by atoms with E-state index < -0.39 is 11.6 Å². The molecule has 3 N–H and O–H groups in total. The van der Waals surface area contributed by atoms with Gasteiger partial charge < -0.3 is 15.5 Å². The number of aliphatic carboxylic acids is 1. The van der Waals surface area contributed by atoms with E-state index in [0.717, 1.165) is 29.5 Å². The SMILES string of the molecule is Cc1nc(NCC(C)(O)C(=O)O)c2c3c(sc2n1)CCC3. The molecule has 2 heterocycles. The van der Waals surface area contributed by atoms with Crippen LogP contribution in [0.3, 0.4) is 0 Å². The third kappa shape index (κ3) is 2.47. The molecule has 1 aliphatic rings. The molecule has 1 aliphatic carbocycles. The summed E-state index contributed by atoms with van der Waals surface area (Å²) in [5.41, 5.74) is -0.558. The Balaban J connectivity index is 2.00. The minimum Gasteiger partial charge on any atom is -0.479 e. The van der Waals surface area contributed by atoms with Crippen molar-refractivity contribution in [3.8, 4) is 0 Å². The van der Waals surface area contributed by atoms with Crippen molar-refractivity contribution in [2.24, 2.45) is 0 Å². The molecule has 3 rings (SSSR count). The first-order valence-electron chi connectivity index (χ1n) is 6.87. The highest BCUT2D eigenvalue weighted by Gasteiger charge is 2.30. The molecule has 21 heavy (non-hydrogen) atoms. The lowest BCUT2D eigenvalue weighted by atomic mass is 10.1. The van der Waals surface area contributed by atoms with Crippen molar-refractivity contribution in [2.75, 3.05) is 11.9 Å². The average molecular weight is 307 g/mol. The minimum atomic E-state index is -1.83. The summed E-state index contributed by atoms with van der Waals surface area (Å²) in [6.45, 7) is 2.98. The van der Waals surface area contributed by atoms with Crippen LogP contribution in [-0.2, 0) is 17.6 Å². The number of nitrogens with zero attached hydrogens (tertiary/aromatic N) is 2. The number of aliphatic hydroxyl groups is 1. The smallest absolute Gasteiger partial charge is 0.337 e. The van der Waals surface area contributed by atoms with Crippen LogP contribution in [0.15, 0.2) is 0 Å². The number of nitrogens with one attached hydrogen (secondary N) is 1. The Bertz CT molecular complexity index is 724. The zero-order chi connectivity index (χ0) is 15.2. The fraction of sp³-hybridized carbons (Fsp3) is 0.500. The van der Waals surface area contributed by atoms with Crippen LogP contribution in [0.1, 0.15) is 29.6 Å². The van der Waals surface area contributed by atoms with Gasteiger partial charge in [0.25, 0.3) is 0 Å². The molecule has 112 valence electrons. The average Bonchev–Trinajstić information content (AvgIpc) is 2.95. The van der Waals surface area contributed by atoms with Crippen LogP contribution in [0, 0.1) is 6.92 Å². The molecular formula is C14H17N3O3S. The molecule has 0 saturated carbocycles. The second kappa shape index (κ2) is 4.92. The van der Waals surface area contributed by atoms with Gasteiger partial charge in [0.2, 0.25) is 0 Å². The first-order chi connectivity index (χ1) is 9.88. The fourth-order valence-corrected chi connectivity index (χ4v) is 3.87. The molecule has 2 aromatic heterocycles. The first kappa shape index (κ1) is 14.2. The monoisotopic (exact) mass is 307 g/mol. The van der Waals surface area contributed by atoms with E-state index in [9.17, 15) is 9.90 Å². The molecule has 0 amide bonds. The van der Waals surface area contributed by atoms with Gasteiger partial charge in [-0.25, -0.2) is 14.8 Å². The number of hydrogen-bond acceptors (Lipinski definition) is 6. The normalized spacial score (nSPS) is 16.7. The van der Waals surface area contributed by atoms with Crippen LogP contribution in [0.2, 0.25) is 0 Å². The van der Waals surface area contributed by atoms with E-state index in [0.29, 0.717) is 11.6 Å². The number of carbonyl (C=O) groups is 1. The predicted molar refractivity (Wildman–Crippen MR) is 80.9 cm³/mol. The molecule has 0 aliphatic heterocycles. The molecule has 0 saturated heterocycles. The van der Waals surface area contributed by atoms with Crippen molar-refractivity contribution in [1.29, 1.82) is 0 Å². The van der Waals surface area contributed by atoms with E-state index in [1.807, 2.05) is 6.92 Å². The van der Waals surface area contributed by atoms with Crippen LogP contribution >= 0.6 is 11.3 Å². The predicted octanol–water partition coefficient (Wildman–Crippen LogP) is 1.74. The summed E-state index contributed by atoms with van der Waals surface area (Å²) >= 11 is 1.68.